The SMILES string of the molecule is C=C[C@H]1CC[C@H]([C@H]2CC[C@H](O)CC2)CC1. The Hall–Kier alpha value is -0.300. The molecule has 0 amide bonds. The van der Waals surface area contributed by atoms with E-state index < -0.39 is 0 Å². The molecule has 0 spiro atoms. The van der Waals surface area contributed by atoms with Crippen molar-refractivity contribution in [3.8, 4) is 0 Å². The van der Waals surface area contributed by atoms with E-state index in [9.17, 15) is 5.11 Å². The van der Waals surface area contributed by atoms with Crippen molar-refractivity contribution in [2.45, 2.75) is 57.5 Å². The van der Waals surface area contributed by atoms with Crippen LogP contribution in [0.4, 0.5) is 0 Å². The van der Waals surface area contributed by atoms with Crippen molar-refractivity contribution in [1.82, 2.24) is 0 Å². The summed E-state index contributed by atoms with van der Waals surface area (Å²) in [7, 11) is 0. The molecule has 2 rings (SSSR count). The van der Waals surface area contributed by atoms with Crippen molar-refractivity contribution in [2.24, 2.45) is 17.8 Å². The second-order valence-electron chi connectivity index (χ2n) is 5.48. The number of aliphatic hydroxyl groups excluding tert-OH is 1. The zero-order chi connectivity index (χ0) is 10.7. The number of rotatable bonds is 2. The normalized spacial score (nSPS) is 42.5. The standard InChI is InChI=1S/C14H24O/c1-2-11-3-5-12(6-4-11)13-7-9-14(15)10-8-13/h2,11-15H,1,3-10H2/t11-,12-,13-,14-. The van der Waals surface area contributed by atoms with Crippen LogP contribution in [0.5, 0.6) is 0 Å². The van der Waals surface area contributed by atoms with Gasteiger partial charge in [-0.2, -0.15) is 0 Å². The molecule has 0 aromatic heterocycles. The third kappa shape index (κ3) is 2.84. The minimum absolute atomic E-state index is 0.00534. The third-order valence-corrected chi connectivity index (χ3v) is 4.56. The van der Waals surface area contributed by atoms with E-state index >= 15 is 0 Å². The fraction of sp³-hybridized carbons (Fsp3) is 0.857. The Kier molecular flexibility index (Phi) is 3.85. The minimum Gasteiger partial charge on any atom is -0.393 e. The molecule has 0 atom stereocenters. The summed E-state index contributed by atoms with van der Waals surface area (Å²) in [4.78, 5) is 0. The van der Waals surface area contributed by atoms with Gasteiger partial charge in [-0.15, -0.1) is 6.58 Å². The summed E-state index contributed by atoms with van der Waals surface area (Å²) in [6, 6.07) is 0. The largest absolute Gasteiger partial charge is 0.393 e. The van der Waals surface area contributed by atoms with Crippen LogP contribution in [0.15, 0.2) is 12.7 Å². The Labute approximate surface area is 93.6 Å². The van der Waals surface area contributed by atoms with E-state index in [4.69, 9.17) is 0 Å². The predicted molar refractivity (Wildman–Crippen MR) is 63.6 cm³/mol. The topological polar surface area (TPSA) is 20.2 Å². The molecule has 0 aromatic rings. The average molecular weight is 208 g/mol. The maximum atomic E-state index is 9.49. The first-order valence-electron chi connectivity index (χ1n) is 6.60. The van der Waals surface area contributed by atoms with Crippen molar-refractivity contribution in [3.63, 3.8) is 0 Å². The Morgan fingerprint density at radius 1 is 0.800 bits per heavy atom. The van der Waals surface area contributed by atoms with E-state index in [-0.39, 0.29) is 6.10 Å². The molecule has 1 nitrogen and oxygen atoms in total. The monoisotopic (exact) mass is 208 g/mol. The Morgan fingerprint density at radius 2 is 1.27 bits per heavy atom. The van der Waals surface area contributed by atoms with Crippen LogP contribution in [0.3, 0.4) is 0 Å². The maximum absolute atomic E-state index is 9.49. The molecule has 0 aliphatic heterocycles. The van der Waals surface area contributed by atoms with Crippen molar-refractivity contribution < 1.29 is 5.11 Å². The van der Waals surface area contributed by atoms with Crippen LogP contribution in [0.25, 0.3) is 0 Å². The van der Waals surface area contributed by atoms with E-state index in [1.165, 1.54) is 38.5 Å². The molecule has 1 N–H and O–H groups in total. The lowest BCUT2D eigenvalue weighted by molar-refractivity contribution is 0.0793. The summed E-state index contributed by atoms with van der Waals surface area (Å²) in [5.41, 5.74) is 0. The molecule has 2 aliphatic carbocycles. The summed E-state index contributed by atoms with van der Waals surface area (Å²) >= 11 is 0. The second kappa shape index (κ2) is 5.16. The van der Waals surface area contributed by atoms with Gasteiger partial charge in [0.05, 0.1) is 6.10 Å². The lowest BCUT2D eigenvalue weighted by atomic mass is 9.70. The molecule has 0 heterocycles. The quantitative estimate of drug-likeness (QED) is 0.688. The Morgan fingerprint density at radius 3 is 1.73 bits per heavy atom. The summed E-state index contributed by atoms with van der Waals surface area (Å²) in [5.74, 6) is 2.66. The zero-order valence-electron chi connectivity index (χ0n) is 9.70. The fourth-order valence-corrected chi connectivity index (χ4v) is 3.43. The van der Waals surface area contributed by atoms with Gasteiger partial charge in [-0.3, -0.25) is 0 Å². The van der Waals surface area contributed by atoms with Gasteiger partial charge in [-0.05, 0) is 69.1 Å². The molecule has 0 unspecified atom stereocenters. The summed E-state index contributed by atoms with van der Waals surface area (Å²) in [6.07, 6.45) is 12.3. The van der Waals surface area contributed by atoms with Crippen LogP contribution >= 0.6 is 0 Å². The Balaban J connectivity index is 1.78. The predicted octanol–water partition coefficient (Wildman–Crippen LogP) is 3.53. The lowest BCUT2D eigenvalue weighted by Crippen LogP contribution is -2.26. The minimum atomic E-state index is 0.00534. The average Bonchev–Trinajstić information content (AvgIpc) is 2.30. The van der Waals surface area contributed by atoms with Gasteiger partial charge in [-0.25, -0.2) is 0 Å². The molecule has 2 aliphatic rings. The highest BCUT2D eigenvalue weighted by molar-refractivity contribution is 4.87. The first-order chi connectivity index (χ1) is 7.29. The van der Waals surface area contributed by atoms with Gasteiger partial charge in [0.1, 0.15) is 0 Å². The van der Waals surface area contributed by atoms with Gasteiger partial charge in [0, 0.05) is 0 Å². The van der Waals surface area contributed by atoms with Crippen molar-refractivity contribution in [2.75, 3.05) is 0 Å². The molecule has 0 bridgehead atoms. The summed E-state index contributed by atoms with van der Waals surface area (Å²) < 4.78 is 0. The zero-order valence-corrected chi connectivity index (χ0v) is 9.70. The van der Waals surface area contributed by atoms with Gasteiger partial charge in [-0.1, -0.05) is 6.08 Å². The van der Waals surface area contributed by atoms with Crippen LogP contribution in [-0.4, -0.2) is 11.2 Å². The van der Waals surface area contributed by atoms with Gasteiger partial charge < -0.3 is 5.11 Å². The molecule has 1 heteroatoms. The van der Waals surface area contributed by atoms with Crippen molar-refractivity contribution in [3.05, 3.63) is 12.7 Å². The van der Waals surface area contributed by atoms with E-state index in [0.29, 0.717) is 0 Å². The summed E-state index contributed by atoms with van der Waals surface area (Å²) in [5, 5.41) is 9.49. The molecular formula is C14H24O. The molecule has 86 valence electrons. The maximum Gasteiger partial charge on any atom is 0.0540 e. The summed E-state index contributed by atoms with van der Waals surface area (Å²) in [6.45, 7) is 3.90. The van der Waals surface area contributed by atoms with Crippen LogP contribution in [-0.2, 0) is 0 Å². The van der Waals surface area contributed by atoms with E-state index in [0.717, 1.165) is 30.6 Å². The second-order valence-corrected chi connectivity index (χ2v) is 5.48. The molecule has 0 radical (unpaired) electrons. The van der Waals surface area contributed by atoms with Gasteiger partial charge in [0.2, 0.25) is 0 Å². The number of hydrogen-bond donors (Lipinski definition) is 1. The van der Waals surface area contributed by atoms with E-state index in [1.807, 2.05) is 0 Å². The number of aliphatic hydroxyl groups is 1. The third-order valence-electron chi connectivity index (χ3n) is 4.56. The highest BCUT2D eigenvalue weighted by Crippen LogP contribution is 2.40. The van der Waals surface area contributed by atoms with Gasteiger partial charge in [0.25, 0.3) is 0 Å². The molecule has 0 saturated heterocycles. The van der Waals surface area contributed by atoms with Crippen molar-refractivity contribution in [1.29, 1.82) is 0 Å². The fourth-order valence-electron chi connectivity index (χ4n) is 3.43. The van der Waals surface area contributed by atoms with E-state index in [2.05, 4.69) is 12.7 Å². The van der Waals surface area contributed by atoms with Crippen LogP contribution in [0, 0.1) is 17.8 Å². The molecule has 2 saturated carbocycles. The van der Waals surface area contributed by atoms with Crippen LogP contribution in [0.1, 0.15) is 51.4 Å². The van der Waals surface area contributed by atoms with Crippen LogP contribution in [0.2, 0.25) is 0 Å². The molecule has 15 heavy (non-hydrogen) atoms. The lowest BCUT2D eigenvalue weighted by Gasteiger charge is -2.36. The molecule has 0 aromatic carbocycles. The molecular weight excluding hydrogens is 184 g/mol. The van der Waals surface area contributed by atoms with Gasteiger partial charge in [0.15, 0.2) is 0 Å². The van der Waals surface area contributed by atoms with E-state index in [1.54, 1.807) is 0 Å². The number of allylic oxidation sites excluding steroid dienone is 1. The Bertz CT molecular complexity index is 195. The first-order valence-corrected chi connectivity index (χ1v) is 6.60. The molecule has 2 fully saturated rings. The highest BCUT2D eigenvalue weighted by Gasteiger charge is 2.29. The van der Waals surface area contributed by atoms with Crippen molar-refractivity contribution >= 4 is 0 Å². The number of hydrogen-bond acceptors (Lipinski definition) is 1. The van der Waals surface area contributed by atoms with Crippen LogP contribution < -0.4 is 0 Å². The van der Waals surface area contributed by atoms with Gasteiger partial charge >= 0.3 is 0 Å². The smallest absolute Gasteiger partial charge is 0.0540 e. The highest BCUT2D eigenvalue weighted by atomic mass is 16.3. The first kappa shape index (κ1) is 11.2.